The molecule has 0 fully saturated rings. The summed E-state index contributed by atoms with van der Waals surface area (Å²) in [6.45, 7) is 0. The van der Waals surface area contributed by atoms with E-state index in [9.17, 15) is 26.7 Å². The van der Waals surface area contributed by atoms with E-state index >= 15 is 0 Å². The average molecular weight is 353 g/mol. The summed E-state index contributed by atoms with van der Waals surface area (Å²) in [4.78, 5) is 17.1. The lowest BCUT2D eigenvalue weighted by Gasteiger charge is -2.19. The monoisotopic (exact) mass is 352 g/mol. The van der Waals surface area contributed by atoms with Crippen LogP contribution in [0.4, 0.5) is 22.0 Å². The molecule has 2 aromatic rings. The van der Waals surface area contributed by atoms with Gasteiger partial charge in [-0.2, -0.15) is 22.0 Å². The summed E-state index contributed by atoms with van der Waals surface area (Å²) in [5.41, 5.74) is -1.38. The molecule has 0 aliphatic heterocycles. The summed E-state index contributed by atoms with van der Waals surface area (Å²) in [5, 5.41) is 8.98. The van der Waals surface area contributed by atoms with Crippen molar-refractivity contribution in [2.24, 2.45) is 0 Å². The van der Waals surface area contributed by atoms with Crippen molar-refractivity contribution in [1.29, 1.82) is 0 Å². The fraction of sp³-hybridized carbons (Fsp3) is 0.154. The SMILES string of the molecule is O=C(O)c1cnc(C(F)(F)C(F)(F)F)nc1-c1ccccc1Cl. The number of hydrogen-bond donors (Lipinski definition) is 1. The fourth-order valence-electron chi connectivity index (χ4n) is 1.67. The van der Waals surface area contributed by atoms with Crippen LogP contribution in [-0.4, -0.2) is 27.2 Å². The van der Waals surface area contributed by atoms with Crippen molar-refractivity contribution in [3.63, 3.8) is 0 Å². The number of carboxylic acid groups (broad SMARTS) is 1. The lowest BCUT2D eigenvalue weighted by atomic mass is 10.1. The third-order valence-corrected chi connectivity index (χ3v) is 3.11. The summed E-state index contributed by atoms with van der Waals surface area (Å²) in [7, 11) is 0. The molecule has 0 radical (unpaired) electrons. The molecule has 1 heterocycles. The molecule has 0 saturated carbocycles. The van der Waals surface area contributed by atoms with E-state index in [4.69, 9.17) is 16.7 Å². The Morgan fingerprint density at radius 1 is 1.13 bits per heavy atom. The molecular formula is C13H6ClF5N2O2. The van der Waals surface area contributed by atoms with Gasteiger partial charge in [-0.3, -0.25) is 0 Å². The van der Waals surface area contributed by atoms with Gasteiger partial charge in [0.2, 0.25) is 5.82 Å². The predicted octanol–water partition coefficient (Wildman–Crippen LogP) is 4.15. The van der Waals surface area contributed by atoms with E-state index in [0.29, 0.717) is 6.20 Å². The zero-order valence-corrected chi connectivity index (χ0v) is 11.7. The smallest absolute Gasteiger partial charge is 0.461 e. The highest BCUT2D eigenvalue weighted by Gasteiger charge is 2.61. The minimum absolute atomic E-state index is 0.0602. The summed E-state index contributed by atoms with van der Waals surface area (Å²) < 4.78 is 64.0. The zero-order chi connectivity index (χ0) is 17.4. The van der Waals surface area contributed by atoms with Crippen LogP contribution >= 0.6 is 11.6 Å². The van der Waals surface area contributed by atoms with Crippen molar-refractivity contribution < 1.29 is 31.9 Å². The molecule has 0 amide bonds. The number of hydrogen-bond acceptors (Lipinski definition) is 3. The number of rotatable bonds is 3. The molecule has 1 aromatic carbocycles. The van der Waals surface area contributed by atoms with Crippen LogP contribution in [0.2, 0.25) is 5.02 Å². The number of halogens is 6. The van der Waals surface area contributed by atoms with Crippen LogP contribution in [-0.2, 0) is 5.92 Å². The first-order valence-electron chi connectivity index (χ1n) is 5.86. The Bertz CT molecular complexity index is 764. The number of alkyl halides is 5. The van der Waals surface area contributed by atoms with E-state index in [0.717, 1.165) is 0 Å². The molecule has 4 nitrogen and oxygen atoms in total. The highest BCUT2D eigenvalue weighted by molar-refractivity contribution is 6.33. The number of benzene rings is 1. The Balaban J connectivity index is 2.72. The van der Waals surface area contributed by atoms with Crippen molar-refractivity contribution >= 4 is 17.6 Å². The van der Waals surface area contributed by atoms with E-state index in [1.165, 1.54) is 24.3 Å². The maximum Gasteiger partial charge on any atom is 0.461 e. The highest BCUT2D eigenvalue weighted by atomic mass is 35.5. The van der Waals surface area contributed by atoms with Gasteiger partial charge in [0.05, 0.1) is 5.69 Å². The predicted molar refractivity (Wildman–Crippen MR) is 69.4 cm³/mol. The second-order valence-corrected chi connectivity index (χ2v) is 4.72. The molecule has 10 heteroatoms. The van der Waals surface area contributed by atoms with E-state index < -0.39 is 35.1 Å². The third kappa shape index (κ3) is 3.09. The molecule has 0 saturated heterocycles. The highest BCUT2D eigenvalue weighted by Crippen LogP contribution is 2.43. The molecule has 0 unspecified atom stereocenters. The van der Waals surface area contributed by atoms with Gasteiger partial charge in [-0.05, 0) is 6.07 Å². The van der Waals surface area contributed by atoms with Gasteiger partial charge < -0.3 is 5.11 Å². The van der Waals surface area contributed by atoms with E-state index in [1.54, 1.807) is 0 Å². The second-order valence-electron chi connectivity index (χ2n) is 4.31. The van der Waals surface area contributed by atoms with Crippen LogP contribution in [0.1, 0.15) is 16.2 Å². The van der Waals surface area contributed by atoms with Crippen LogP contribution in [0.25, 0.3) is 11.3 Å². The third-order valence-electron chi connectivity index (χ3n) is 2.79. The molecule has 0 aliphatic carbocycles. The van der Waals surface area contributed by atoms with Gasteiger partial charge in [0.1, 0.15) is 5.56 Å². The molecule has 1 N–H and O–H groups in total. The van der Waals surface area contributed by atoms with Crippen molar-refractivity contribution in [2.45, 2.75) is 12.1 Å². The Morgan fingerprint density at radius 3 is 2.26 bits per heavy atom. The molecule has 1 aromatic heterocycles. The Labute approximate surface area is 130 Å². The standard InChI is InChI=1S/C13H6ClF5N2O2/c14-8-4-2-1-3-6(8)9-7(10(22)23)5-20-11(21-9)12(15,16)13(17,18)19/h1-5H,(H,22,23). The van der Waals surface area contributed by atoms with Gasteiger partial charge in [0.25, 0.3) is 0 Å². The molecule has 23 heavy (non-hydrogen) atoms. The van der Waals surface area contributed by atoms with E-state index in [2.05, 4.69) is 9.97 Å². The van der Waals surface area contributed by atoms with Gasteiger partial charge >= 0.3 is 18.1 Å². The van der Waals surface area contributed by atoms with Crippen LogP contribution in [0.3, 0.4) is 0 Å². The van der Waals surface area contributed by atoms with Crippen molar-refractivity contribution in [3.05, 3.63) is 46.9 Å². The maximum absolute atomic E-state index is 13.4. The fourth-order valence-corrected chi connectivity index (χ4v) is 1.90. The largest absolute Gasteiger partial charge is 0.478 e. The quantitative estimate of drug-likeness (QED) is 0.843. The first-order valence-corrected chi connectivity index (χ1v) is 6.23. The Hall–Kier alpha value is -2.29. The molecule has 0 atom stereocenters. The first kappa shape index (κ1) is 17.1. The van der Waals surface area contributed by atoms with Crippen LogP contribution in [0.5, 0.6) is 0 Å². The molecular weight excluding hydrogens is 347 g/mol. The zero-order valence-electron chi connectivity index (χ0n) is 10.9. The molecule has 0 aliphatic rings. The lowest BCUT2D eigenvalue weighted by molar-refractivity contribution is -0.292. The van der Waals surface area contributed by atoms with Gasteiger partial charge in [-0.25, -0.2) is 14.8 Å². The maximum atomic E-state index is 13.4. The summed E-state index contributed by atoms with van der Waals surface area (Å²) >= 11 is 5.83. The summed E-state index contributed by atoms with van der Waals surface area (Å²) in [5.74, 6) is -8.79. The van der Waals surface area contributed by atoms with Gasteiger partial charge in [-0.15, -0.1) is 0 Å². The molecule has 0 bridgehead atoms. The van der Waals surface area contributed by atoms with Gasteiger partial charge in [0, 0.05) is 16.8 Å². The Morgan fingerprint density at radius 2 is 1.74 bits per heavy atom. The normalized spacial score (nSPS) is 12.3. The molecule has 122 valence electrons. The van der Waals surface area contributed by atoms with E-state index in [-0.39, 0.29) is 10.6 Å². The number of nitrogens with zero attached hydrogens (tertiary/aromatic N) is 2. The summed E-state index contributed by atoms with van der Waals surface area (Å²) in [6.07, 6.45) is -5.53. The second kappa shape index (κ2) is 5.73. The molecule has 0 spiro atoms. The number of carbonyl (C=O) groups is 1. The van der Waals surface area contributed by atoms with Crippen molar-refractivity contribution in [1.82, 2.24) is 9.97 Å². The van der Waals surface area contributed by atoms with Gasteiger partial charge in [0.15, 0.2) is 0 Å². The van der Waals surface area contributed by atoms with Gasteiger partial charge in [-0.1, -0.05) is 29.8 Å². The minimum atomic E-state index is -5.92. The van der Waals surface area contributed by atoms with Crippen LogP contribution in [0, 0.1) is 0 Å². The lowest BCUT2D eigenvalue weighted by Crippen LogP contribution is -2.35. The number of carboxylic acids is 1. The summed E-state index contributed by atoms with van der Waals surface area (Å²) in [6, 6.07) is 5.42. The number of aromatic nitrogens is 2. The minimum Gasteiger partial charge on any atom is -0.478 e. The van der Waals surface area contributed by atoms with Crippen LogP contribution < -0.4 is 0 Å². The van der Waals surface area contributed by atoms with E-state index in [1.807, 2.05) is 0 Å². The topological polar surface area (TPSA) is 63.1 Å². The Kier molecular flexibility index (Phi) is 4.25. The molecule has 2 rings (SSSR count). The van der Waals surface area contributed by atoms with Crippen LogP contribution in [0.15, 0.2) is 30.5 Å². The average Bonchev–Trinajstić information content (AvgIpc) is 2.45. The number of aromatic carboxylic acids is 1. The van der Waals surface area contributed by atoms with Crippen molar-refractivity contribution in [2.75, 3.05) is 0 Å². The first-order chi connectivity index (χ1) is 10.6. The van der Waals surface area contributed by atoms with Crippen molar-refractivity contribution in [3.8, 4) is 11.3 Å².